The van der Waals surface area contributed by atoms with E-state index in [0.29, 0.717) is 30.2 Å². The number of aliphatic hydroxyl groups excluding tert-OH is 1. The van der Waals surface area contributed by atoms with E-state index in [9.17, 15) is 5.11 Å². The average Bonchev–Trinajstić information content (AvgIpc) is 2.17. The van der Waals surface area contributed by atoms with Gasteiger partial charge < -0.3 is 9.84 Å². The minimum absolute atomic E-state index is 0.186. The van der Waals surface area contributed by atoms with Gasteiger partial charge in [0, 0.05) is 23.7 Å². The second-order valence-electron chi connectivity index (χ2n) is 3.56. The summed E-state index contributed by atoms with van der Waals surface area (Å²) in [5, 5.41) is 10.1. The van der Waals surface area contributed by atoms with Gasteiger partial charge in [-0.05, 0) is 28.4 Å². The van der Waals surface area contributed by atoms with Crippen LogP contribution in [0.4, 0.5) is 0 Å². The Morgan fingerprint density at radius 3 is 3.07 bits per heavy atom. The fraction of sp³-hybridized carbons (Fsp3) is 0.500. The summed E-state index contributed by atoms with van der Waals surface area (Å²) in [7, 11) is 0. The van der Waals surface area contributed by atoms with Crippen LogP contribution in [0.3, 0.4) is 0 Å². The number of hydrogen-bond donors (Lipinski definition) is 1. The summed E-state index contributed by atoms with van der Waals surface area (Å²) in [6.45, 7) is 0.555. The fourth-order valence-corrected chi connectivity index (χ4v) is 2.38. The third-order valence-corrected chi connectivity index (χ3v) is 3.13. The number of rotatable bonds is 1. The van der Waals surface area contributed by atoms with Gasteiger partial charge in [-0.2, -0.15) is 0 Å². The Hall–Kier alpha value is -0.160. The Labute approximate surface area is 102 Å². The highest BCUT2D eigenvalue weighted by Crippen LogP contribution is 2.32. The van der Waals surface area contributed by atoms with E-state index in [0.717, 1.165) is 4.47 Å². The zero-order chi connectivity index (χ0) is 10.8. The quantitative estimate of drug-likeness (QED) is 0.865. The molecule has 15 heavy (non-hydrogen) atoms. The molecule has 0 saturated carbocycles. The van der Waals surface area contributed by atoms with Crippen LogP contribution < -0.4 is 0 Å². The van der Waals surface area contributed by atoms with Crippen molar-refractivity contribution >= 4 is 27.5 Å². The molecule has 1 aromatic rings. The van der Waals surface area contributed by atoms with Crippen LogP contribution in [0.5, 0.6) is 0 Å². The largest absolute Gasteiger partial charge is 0.393 e. The molecular formula is C10H11BrClNO2. The average molecular weight is 293 g/mol. The SMILES string of the molecule is OC1CCOC(c2ncc(Br)cc2Cl)C1. The molecule has 3 nitrogen and oxygen atoms in total. The Kier molecular flexibility index (Phi) is 3.61. The molecule has 1 aliphatic heterocycles. The molecule has 1 aliphatic rings. The highest BCUT2D eigenvalue weighted by molar-refractivity contribution is 9.10. The first-order valence-corrected chi connectivity index (χ1v) is 5.94. The van der Waals surface area contributed by atoms with Gasteiger partial charge in [0.1, 0.15) is 6.10 Å². The fourth-order valence-electron chi connectivity index (χ4n) is 1.63. The maximum atomic E-state index is 9.53. The Morgan fingerprint density at radius 2 is 2.40 bits per heavy atom. The molecule has 0 radical (unpaired) electrons. The van der Waals surface area contributed by atoms with Crippen LogP contribution in [-0.2, 0) is 4.74 Å². The van der Waals surface area contributed by atoms with Gasteiger partial charge in [-0.1, -0.05) is 11.6 Å². The molecule has 0 aromatic carbocycles. The summed E-state index contributed by atoms with van der Waals surface area (Å²) in [5.41, 5.74) is 0.707. The third kappa shape index (κ3) is 2.69. The van der Waals surface area contributed by atoms with Crippen LogP contribution in [0.2, 0.25) is 5.02 Å². The second kappa shape index (κ2) is 4.78. The standard InChI is InChI=1S/C10H11BrClNO2/c11-6-3-8(12)10(13-5-6)9-4-7(14)1-2-15-9/h3,5,7,9,14H,1-2,4H2. The molecule has 2 heterocycles. The monoisotopic (exact) mass is 291 g/mol. The maximum absolute atomic E-state index is 9.53. The zero-order valence-electron chi connectivity index (χ0n) is 7.99. The predicted octanol–water partition coefficient (Wildman–Crippen LogP) is 2.71. The molecule has 1 N–H and O–H groups in total. The third-order valence-electron chi connectivity index (χ3n) is 2.40. The maximum Gasteiger partial charge on any atom is 0.103 e. The minimum atomic E-state index is -0.315. The first-order valence-electron chi connectivity index (χ1n) is 4.77. The summed E-state index contributed by atoms with van der Waals surface area (Å²) in [6, 6.07) is 1.79. The number of ether oxygens (including phenoxy) is 1. The van der Waals surface area contributed by atoms with E-state index in [-0.39, 0.29) is 12.2 Å². The van der Waals surface area contributed by atoms with Crippen molar-refractivity contribution < 1.29 is 9.84 Å². The van der Waals surface area contributed by atoms with Gasteiger partial charge in [0.25, 0.3) is 0 Å². The molecule has 2 unspecified atom stereocenters. The molecule has 1 saturated heterocycles. The molecular weight excluding hydrogens is 281 g/mol. The van der Waals surface area contributed by atoms with Crippen LogP contribution in [0.1, 0.15) is 24.6 Å². The summed E-state index contributed by atoms with van der Waals surface area (Å²) < 4.78 is 6.37. The molecule has 0 bridgehead atoms. The van der Waals surface area contributed by atoms with E-state index in [1.165, 1.54) is 0 Å². The van der Waals surface area contributed by atoms with Crippen molar-refractivity contribution in [3.8, 4) is 0 Å². The van der Waals surface area contributed by atoms with Crippen LogP contribution in [0, 0.1) is 0 Å². The van der Waals surface area contributed by atoms with Crippen molar-refractivity contribution in [2.24, 2.45) is 0 Å². The minimum Gasteiger partial charge on any atom is -0.393 e. The van der Waals surface area contributed by atoms with Crippen molar-refractivity contribution in [1.29, 1.82) is 0 Å². The van der Waals surface area contributed by atoms with Crippen molar-refractivity contribution in [1.82, 2.24) is 4.98 Å². The molecule has 5 heteroatoms. The van der Waals surface area contributed by atoms with Gasteiger partial charge in [-0.25, -0.2) is 0 Å². The number of nitrogens with zero attached hydrogens (tertiary/aromatic N) is 1. The number of hydrogen-bond acceptors (Lipinski definition) is 3. The molecule has 1 aromatic heterocycles. The number of aromatic nitrogens is 1. The van der Waals surface area contributed by atoms with E-state index < -0.39 is 0 Å². The zero-order valence-corrected chi connectivity index (χ0v) is 10.3. The van der Waals surface area contributed by atoms with Gasteiger partial charge >= 0.3 is 0 Å². The normalized spacial score (nSPS) is 26.6. The number of aliphatic hydroxyl groups is 1. The topological polar surface area (TPSA) is 42.4 Å². The Bertz CT molecular complexity index is 361. The number of pyridine rings is 1. The van der Waals surface area contributed by atoms with E-state index >= 15 is 0 Å². The van der Waals surface area contributed by atoms with E-state index in [1.54, 1.807) is 12.3 Å². The van der Waals surface area contributed by atoms with Gasteiger partial charge in [-0.15, -0.1) is 0 Å². The first-order chi connectivity index (χ1) is 7.16. The van der Waals surface area contributed by atoms with Crippen molar-refractivity contribution in [2.75, 3.05) is 6.61 Å². The smallest absolute Gasteiger partial charge is 0.103 e. The van der Waals surface area contributed by atoms with Crippen molar-refractivity contribution in [3.63, 3.8) is 0 Å². The molecule has 0 spiro atoms. The predicted molar refractivity (Wildman–Crippen MR) is 60.9 cm³/mol. The molecule has 2 atom stereocenters. The summed E-state index contributed by atoms with van der Waals surface area (Å²) in [5.74, 6) is 0. The van der Waals surface area contributed by atoms with Gasteiger partial charge in [0.05, 0.1) is 16.8 Å². The van der Waals surface area contributed by atoms with Crippen LogP contribution in [0.25, 0.3) is 0 Å². The molecule has 0 amide bonds. The lowest BCUT2D eigenvalue weighted by molar-refractivity contribution is -0.0465. The molecule has 0 aliphatic carbocycles. The van der Waals surface area contributed by atoms with Gasteiger partial charge in [0.2, 0.25) is 0 Å². The van der Waals surface area contributed by atoms with E-state index in [1.807, 2.05) is 0 Å². The van der Waals surface area contributed by atoms with Crippen LogP contribution >= 0.6 is 27.5 Å². The van der Waals surface area contributed by atoms with E-state index in [4.69, 9.17) is 16.3 Å². The number of halogens is 2. The molecule has 82 valence electrons. The van der Waals surface area contributed by atoms with Crippen molar-refractivity contribution in [2.45, 2.75) is 25.0 Å². The van der Waals surface area contributed by atoms with Crippen LogP contribution in [0.15, 0.2) is 16.7 Å². The lowest BCUT2D eigenvalue weighted by Gasteiger charge is -2.26. The summed E-state index contributed by atoms with van der Waals surface area (Å²) in [6.07, 6.45) is 2.43. The summed E-state index contributed by atoms with van der Waals surface area (Å²) in [4.78, 5) is 4.22. The first kappa shape index (κ1) is 11.3. The van der Waals surface area contributed by atoms with Gasteiger partial charge in [-0.3, -0.25) is 4.98 Å². The Balaban J connectivity index is 2.21. The lowest BCUT2D eigenvalue weighted by atomic mass is 10.0. The molecule has 1 fully saturated rings. The Morgan fingerprint density at radius 1 is 1.60 bits per heavy atom. The van der Waals surface area contributed by atoms with Crippen molar-refractivity contribution in [3.05, 3.63) is 27.5 Å². The highest BCUT2D eigenvalue weighted by atomic mass is 79.9. The lowest BCUT2D eigenvalue weighted by Crippen LogP contribution is -2.24. The second-order valence-corrected chi connectivity index (χ2v) is 4.88. The van der Waals surface area contributed by atoms with Crippen LogP contribution in [-0.4, -0.2) is 22.8 Å². The van der Waals surface area contributed by atoms with Gasteiger partial charge in [0.15, 0.2) is 0 Å². The highest BCUT2D eigenvalue weighted by Gasteiger charge is 2.25. The summed E-state index contributed by atoms with van der Waals surface area (Å²) >= 11 is 9.35. The molecule has 2 rings (SSSR count). The van der Waals surface area contributed by atoms with E-state index in [2.05, 4.69) is 20.9 Å².